The highest BCUT2D eigenvalue weighted by Crippen LogP contribution is 2.25. The fraction of sp³-hybridized carbons (Fsp3) is 0.500. The molecule has 0 aliphatic carbocycles. The van der Waals surface area contributed by atoms with Crippen molar-refractivity contribution in [1.29, 1.82) is 0 Å². The van der Waals surface area contributed by atoms with Crippen LogP contribution in [0.25, 0.3) is 0 Å². The Bertz CT molecular complexity index is 427. The number of carbonyl (C=O) groups is 1. The number of aliphatic carboxylic acids is 1. The van der Waals surface area contributed by atoms with Gasteiger partial charge in [-0.15, -0.1) is 0 Å². The predicted molar refractivity (Wildman–Crippen MR) is 65.9 cm³/mol. The van der Waals surface area contributed by atoms with Crippen LogP contribution in [0.15, 0.2) is 24.3 Å². The molecule has 0 fully saturated rings. The summed E-state index contributed by atoms with van der Waals surface area (Å²) >= 11 is 0. The van der Waals surface area contributed by atoms with Crippen molar-refractivity contribution in [3.63, 3.8) is 0 Å². The molecule has 19 heavy (non-hydrogen) atoms. The summed E-state index contributed by atoms with van der Waals surface area (Å²) < 4.78 is 36.1. The van der Waals surface area contributed by atoms with Gasteiger partial charge in [-0.25, -0.2) is 0 Å². The number of carboxylic acids is 1. The molecule has 1 unspecified atom stereocenters. The highest BCUT2D eigenvalue weighted by molar-refractivity contribution is 5.70. The van der Waals surface area contributed by atoms with Gasteiger partial charge in [0, 0.05) is 6.42 Å². The van der Waals surface area contributed by atoms with Gasteiger partial charge in [0.2, 0.25) is 0 Å². The molecular formula is C14H17F3O2. The average molecular weight is 274 g/mol. The SMILES string of the molecule is Cc1cccc(CC(CCCC(F)(F)F)C(=O)O)c1. The maximum absolute atomic E-state index is 12.0. The summed E-state index contributed by atoms with van der Waals surface area (Å²) in [4.78, 5) is 11.1. The van der Waals surface area contributed by atoms with E-state index in [1.807, 2.05) is 25.1 Å². The largest absolute Gasteiger partial charge is 0.481 e. The van der Waals surface area contributed by atoms with Crippen molar-refractivity contribution in [1.82, 2.24) is 0 Å². The lowest BCUT2D eigenvalue weighted by Gasteiger charge is -2.13. The number of rotatable bonds is 6. The van der Waals surface area contributed by atoms with Crippen LogP contribution >= 0.6 is 0 Å². The Morgan fingerprint density at radius 3 is 2.58 bits per heavy atom. The summed E-state index contributed by atoms with van der Waals surface area (Å²) in [7, 11) is 0. The molecular weight excluding hydrogens is 257 g/mol. The second-order valence-electron chi connectivity index (χ2n) is 4.74. The minimum atomic E-state index is -4.22. The molecule has 0 aliphatic rings. The maximum Gasteiger partial charge on any atom is 0.389 e. The smallest absolute Gasteiger partial charge is 0.389 e. The molecule has 0 saturated carbocycles. The Labute approximate surface area is 110 Å². The molecule has 1 aromatic rings. The van der Waals surface area contributed by atoms with Crippen LogP contribution in [-0.4, -0.2) is 17.3 Å². The second-order valence-corrected chi connectivity index (χ2v) is 4.74. The maximum atomic E-state index is 12.0. The Morgan fingerprint density at radius 1 is 1.37 bits per heavy atom. The molecule has 0 saturated heterocycles. The number of hydrogen-bond acceptors (Lipinski definition) is 1. The average Bonchev–Trinajstić information content (AvgIpc) is 2.26. The monoisotopic (exact) mass is 274 g/mol. The van der Waals surface area contributed by atoms with E-state index in [9.17, 15) is 18.0 Å². The summed E-state index contributed by atoms with van der Waals surface area (Å²) in [6.07, 6.45) is -4.97. The van der Waals surface area contributed by atoms with Crippen molar-refractivity contribution < 1.29 is 23.1 Å². The number of aryl methyl sites for hydroxylation is 1. The van der Waals surface area contributed by atoms with Crippen LogP contribution in [0.3, 0.4) is 0 Å². The highest BCUT2D eigenvalue weighted by Gasteiger charge is 2.28. The van der Waals surface area contributed by atoms with Gasteiger partial charge < -0.3 is 5.11 Å². The molecule has 1 N–H and O–H groups in total. The molecule has 1 atom stereocenters. The fourth-order valence-electron chi connectivity index (χ4n) is 1.99. The third-order valence-corrected chi connectivity index (χ3v) is 2.93. The van der Waals surface area contributed by atoms with Crippen LogP contribution in [0.2, 0.25) is 0 Å². The lowest BCUT2D eigenvalue weighted by Crippen LogP contribution is -2.18. The molecule has 2 nitrogen and oxygen atoms in total. The van der Waals surface area contributed by atoms with Gasteiger partial charge in [0.15, 0.2) is 0 Å². The van der Waals surface area contributed by atoms with Gasteiger partial charge >= 0.3 is 12.1 Å². The van der Waals surface area contributed by atoms with Crippen LogP contribution in [0, 0.1) is 12.8 Å². The van der Waals surface area contributed by atoms with Crippen molar-refractivity contribution in [3.8, 4) is 0 Å². The topological polar surface area (TPSA) is 37.3 Å². The second kappa shape index (κ2) is 6.59. The zero-order valence-corrected chi connectivity index (χ0v) is 10.7. The zero-order valence-electron chi connectivity index (χ0n) is 10.7. The van der Waals surface area contributed by atoms with E-state index >= 15 is 0 Å². The third-order valence-electron chi connectivity index (χ3n) is 2.93. The Hall–Kier alpha value is -1.52. The fourth-order valence-corrected chi connectivity index (χ4v) is 1.99. The van der Waals surface area contributed by atoms with Crippen molar-refractivity contribution in [3.05, 3.63) is 35.4 Å². The molecule has 0 spiro atoms. The number of halogens is 3. The Kier molecular flexibility index (Phi) is 5.39. The summed E-state index contributed by atoms with van der Waals surface area (Å²) in [5, 5.41) is 9.05. The first-order valence-electron chi connectivity index (χ1n) is 6.13. The zero-order chi connectivity index (χ0) is 14.5. The standard InChI is InChI=1S/C14H17F3O2/c1-10-4-2-5-11(8-10)9-12(13(18)19)6-3-7-14(15,16)17/h2,4-5,8,12H,3,6-7,9H2,1H3,(H,18,19). The van der Waals surface area contributed by atoms with Crippen LogP contribution in [0.5, 0.6) is 0 Å². The van der Waals surface area contributed by atoms with Crippen LogP contribution in [0.1, 0.15) is 30.4 Å². The van der Waals surface area contributed by atoms with Crippen molar-refractivity contribution in [2.75, 3.05) is 0 Å². The molecule has 1 aromatic carbocycles. The van der Waals surface area contributed by atoms with Gasteiger partial charge in [-0.3, -0.25) is 4.79 Å². The first kappa shape index (κ1) is 15.5. The molecule has 0 aromatic heterocycles. The quantitative estimate of drug-likeness (QED) is 0.852. The number of carboxylic acid groups (broad SMARTS) is 1. The van der Waals surface area contributed by atoms with Gasteiger partial charge in [0.05, 0.1) is 5.92 Å². The van der Waals surface area contributed by atoms with Gasteiger partial charge in [-0.2, -0.15) is 13.2 Å². The lowest BCUT2D eigenvalue weighted by molar-refractivity contribution is -0.145. The van der Waals surface area contributed by atoms with E-state index in [1.54, 1.807) is 6.07 Å². The highest BCUT2D eigenvalue weighted by atomic mass is 19.4. The van der Waals surface area contributed by atoms with Crippen LogP contribution in [-0.2, 0) is 11.2 Å². The Balaban J connectivity index is 2.56. The van der Waals surface area contributed by atoms with E-state index in [4.69, 9.17) is 5.11 Å². The first-order valence-corrected chi connectivity index (χ1v) is 6.13. The molecule has 5 heteroatoms. The summed E-state index contributed by atoms with van der Waals surface area (Å²) in [5.74, 6) is -1.80. The van der Waals surface area contributed by atoms with E-state index in [0.29, 0.717) is 0 Å². The molecule has 0 aliphatic heterocycles. The summed E-state index contributed by atoms with van der Waals surface area (Å²) in [6, 6.07) is 7.37. The lowest BCUT2D eigenvalue weighted by atomic mass is 9.93. The number of alkyl halides is 3. The number of benzene rings is 1. The molecule has 0 heterocycles. The van der Waals surface area contributed by atoms with E-state index in [2.05, 4.69) is 0 Å². The van der Waals surface area contributed by atoms with E-state index in [-0.39, 0.29) is 19.3 Å². The predicted octanol–water partition coefficient (Wildman–Crippen LogP) is 3.97. The third kappa shape index (κ3) is 6.27. The minimum absolute atomic E-state index is 0.0444. The van der Waals surface area contributed by atoms with Gasteiger partial charge in [0.1, 0.15) is 0 Å². The summed E-state index contributed by atoms with van der Waals surface area (Å²) in [6.45, 7) is 1.89. The molecule has 0 radical (unpaired) electrons. The minimum Gasteiger partial charge on any atom is -0.481 e. The van der Waals surface area contributed by atoms with Gasteiger partial charge in [-0.1, -0.05) is 29.8 Å². The van der Waals surface area contributed by atoms with E-state index < -0.39 is 24.5 Å². The van der Waals surface area contributed by atoms with Crippen molar-refractivity contribution in [2.45, 2.75) is 38.8 Å². The van der Waals surface area contributed by atoms with E-state index in [1.165, 1.54) is 0 Å². The molecule has 106 valence electrons. The van der Waals surface area contributed by atoms with Crippen molar-refractivity contribution in [2.24, 2.45) is 5.92 Å². The number of hydrogen-bond donors (Lipinski definition) is 1. The van der Waals surface area contributed by atoms with Gasteiger partial charge in [-0.05, 0) is 31.7 Å². The van der Waals surface area contributed by atoms with Gasteiger partial charge in [0.25, 0.3) is 0 Å². The molecule has 1 rings (SSSR count). The van der Waals surface area contributed by atoms with E-state index in [0.717, 1.165) is 11.1 Å². The first-order chi connectivity index (χ1) is 8.78. The Morgan fingerprint density at radius 2 is 2.05 bits per heavy atom. The normalized spacial score (nSPS) is 13.3. The van der Waals surface area contributed by atoms with Crippen LogP contribution in [0.4, 0.5) is 13.2 Å². The van der Waals surface area contributed by atoms with Crippen LogP contribution < -0.4 is 0 Å². The molecule has 0 bridgehead atoms. The summed E-state index contributed by atoms with van der Waals surface area (Å²) in [5.41, 5.74) is 1.86. The molecule has 0 amide bonds. The van der Waals surface area contributed by atoms with Crippen molar-refractivity contribution >= 4 is 5.97 Å².